The molecule has 1 saturated heterocycles. The molecule has 1 aromatic carbocycles. The third-order valence-corrected chi connectivity index (χ3v) is 5.37. The van der Waals surface area contributed by atoms with Crippen molar-refractivity contribution in [2.24, 2.45) is 5.92 Å². The highest BCUT2D eigenvalue weighted by molar-refractivity contribution is 5.80. The highest BCUT2D eigenvalue weighted by atomic mass is 16.7. The van der Waals surface area contributed by atoms with Gasteiger partial charge in [0.25, 0.3) is 0 Å². The van der Waals surface area contributed by atoms with E-state index < -0.39 is 0 Å². The minimum Gasteiger partial charge on any atom is -0.454 e. The van der Waals surface area contributed by atoms with E-state index in [9.17, 15) is 4.79 Å². The van der Waals surface area contributed by atoms with E-state index in [0.717, 1.165) is 47.7 Å². The van der Waals surface area contributed by atoms with Crippen molar-refractivity contribution in [3.8, 4) is 11.5 Å². The van der Waals surface area contributed by atoms with E-state index in [1.807, 2.05) is 30.5 Å². The van der Waals surface area contributed by atoms with Crippen molar-refractivity contribution in [1.29, 1.82) is 0 Å². The van der Waals surface area contributed by atoms with E-state index in [0.29, 0.717) is 18.7 Å². The van der Waals surface area contributed by atoms with Gasteiger partial charge in [-0.3, -0.25) is 9.78 Å². The molecule has 3 aromatic rings. The third kappa shape index (κ3) is 3.65. The number of fused-ring (bicyclic) bond motifs is 2. The van der Waals surface area contributed by atoms with Crippen molar-refractivity contribution < 1.29 is 14.3 Å². The normalized spacial score (nSPS) is 18.1. The van der Waals surface area contributed by atoms with Crippen LogP contribution in [-0.4, -0.2) is 40.7 Å². The minimum atomic E-state index is -0.0599. The van der Waals surface area contributed by atoms with Gasteiger partial charge in [0, 0.05) is 32.0 Å². The molecule has 8 nitrogen and oxygen atoms in total. The summed E-state index contributed by atoms with van der Waals surface area (Å²) in [6.07, 6.45) is 6.95. The number of nitrogens with zero attached hydrogens (tertiary/aromatic N) is 4. The first-order valence-corrected chi connectivity index (χ1v) is 9.74. The summed E-state index contributed by atoms with van der Waals surface area (Å²) in [6.45, 7) is 2.29. The molecule has 0 saturated carbocycles. The largest absolute Gasteiger partial charge is 0.454 e. The van der Waals surface area contributed by atoms with E-state index in [1.165, 1.54) is 0 Å². The van der Waals surface area contributed by atoms with E-state index in [2.05, 4.69) is 25.2 Å². The van der Waals surface area contributed by atoms with Gasteiger partial charge in [0.15, 0.2) is 17.1 Å². The molecule has 1 atom stereocenters. The topological polar surface area (TPSA) is 89.5 Å². The van der Waals surface area contributed by atoms with Crippen molar-refractivity contribution in [3.63, 3.8) is 0 Å². The maximum absolute atomic E-state index is 12.8. The number of pyridine rings is 1. The number of anilines is 1. The zero-order chi connectivity index (χ0) is 19.6. The molecule has 1 amide bonds. The van der Waals surface area contributed by atoms with Crippen LogP contribution >= 0.6 is 0 Å². The SMILES string of the molecule is O=C(NCc1ccc2c(c1)OCO2)C1CCCN(c2cnc3nccnc3c2)C1. The van der Waals surface area contributed by atoms with Crippen LogP contribution in [0, 0.1) is 5.92 Å². The summed E-state index contributed by atoms with van der Waals surface area (Å²) in [5.41, 5.74) is 3.37. The van der Waals surface area contributed by atoms with Gasteiger partial charge in [-0.2, -0.15) is 0 Å². The van der Waals surface area contributed by atoms with Crippen LogP contribution in [0.5, 0.6) is 11.5 Å². The molecule has 0 aliphatic carbocycles. The molecule has 1 unspecified atom stereocenters. The van der Waals surface area contributed by atoms with Crippen LogP contribution in [-0.2, 0) is 11.3 Å². The van der Waals surface area contributed by atoms with Crippen LogP contribution in [0.3, 0.4) is 0 Å². The molecule has 0 spiro atoms. The quantitative estimate of drug-likeness (QED) is 0.730. The first kappa shape index (κ1) is 17.7. The van der Waals surface area contributed by atoms with Crippen molar-refractivity contribution in [1.82, 2.24) is 20.3 Å². The Hall–Kier alpha value is -3.42. The molecule has 2 aromatic heterocycles. The van der Waals surface area contributed by atoms with E-state index in [-0.39, 0.29) is 18.6 Å². The van der Waals surface area contributed by atoms with Crippen LogP contribution in [0.25, 0.3) is 11.2 Å². The molecule has 2 aliphatic rings. The number of hydrogen-bond donors (Lipinski definition) is 1. The number of benzene rings is 1. The molecule has 29 heavy (non-hydrogen) atoms. The van der Waals surface area contributed by atoms with Gasteiger partial charge < -0.3 is 19.7 Å². The number of hydrogen-bond acceptors (Lipinski definition) is 7. The smallest absolute Gasteiger partial charge is 0.231 e. The number of carbonyl (C=O) groups is 1. The average molecular weight is 391 g/mol. The standard InChI is InChI=1S/C21H21N5O3/c27-21(25-10-14-3-4-18-19(8-14)29-13-28-18)15-2-1-7-26(12-15)16-9-17-20(24-11-16)23-6-5-22-17/h3-6,8-9,11,15H,1-2,7,10,12-13H2,(H,25,27). The Bertz CT molecular complexity index is 1060. The highest BCUT2D eigenvalue weighted by Crippen LogP contribution is 2.32. The maximum atomic E-state index is 12.8. The molecule has 2 aliphatic heterocycles. The summed E-state index contributed by atoms with van der Waals surface area (Å²) in [4.78, 5) is 27.9. The zero-order valence-electron chi connectivity index (χ0n) is 15.9. The van der Waals surface area contributed by atoms with Crippen molar-refractivity contribution in [2.45, 2.75) is 19.4 Å². The van der Waals surface area contributed by atoms with Gasteiger partial charge in [-0.1, -0.05) is 6.07 Å². The summed E-state index contributed by atoms with van der Waals surface area (Å²) in [7, 11) is 0. The van der Waals surface area contributed by atoms with Crippen LogP contribution in [0.15, 0.2) is 42.9 Å². The number of piperidine rings is 1. The molecular weight excluding hydrogens is 370 g/mol. The lowest BCUT2D eigenvalue weighted by Gasteiger charge is -2.33. The monoisotopic (exact) mass is 391 g/mol. The highest BCUT2D eigenvalue weighted by Gasteiger charge is 2.26. The van der Waals surface area contributed by atoms with Gasteiger partial charge in [-0.15, -0.1) is 0 Å². The van der Waals surface area contributed by atoms with Crippen molar-refractivity contribution >= 4 is 22.8 Å². The Kier molecular flexibility index (Phi) is 4.59. The fraction of sp³-hybridized carbons (Fsp3) is 0.333. The van der Waals surface area contributed by atoms with Gasteiger partial charge in [0.05, 0.1) is 17.8 Å². The number of rotatable bonds is 4. The second kappa shape index (κ2) is 7.54. The Labute approximate surface area is 167 Å². The van der Waals surface area contributed by atoms with Gasteiger partial charge in [0.1, 0.15) is 5.52 Å². The molecule has 0 radical (unpaired) electrons. The molecular formula is C21H21N5O3. The van der Waals surface area contributed by atoms with Gasteiger partial charge in [-0.05, 0) is 36.6 Å². The molecule has 1 fully saturated rings. The average Bonchev–Trinajstić information content (AvgIpc) is 3.25. The molecule has 148 valence electrons. The lowest BCUT2D eigenvalue weighted by atomic mass is 9.96. The lowest BCUT2D eigenvalue weighted by molar-refractivity contribution is -0.125. The predicted octanol–water partition coefficient (Wildman–Crippen LogP) is 2.29. The fourth-order valence-corrected chi connectivity index (χ4v) is 3.83. The first-order chi connectivity index (χ1) is 14.3. The summed E-state index contributed by atoms with van der Waals surface area (Å²) in [5, 5.41) is 3.06. The Morgan fingerprint density at radius 2 is 2.03 bits per heavy atom. The minimum absolute atomic E-state index is 0.0599. The van der Waals surface area contributed by atoms with E-state index in [4.69, 9.17) is 9.47 Å². The molecule has 5 rings (SSSR count). The number of aromatic nitrogens is 3. The van der Waals surface area contributed by atoms with Gasteiger partial charge in [-0.25, -0.2) is 9.97 Å². The summed E-state index contributed by atoms with van der Waals surface area (Å²) in [5.74, 6) is 1.49. The van der Waals surface area contributed by atoms with Crippen LogP contribution in [0.2, 0.25) is 0 Å². The summed E-state index contributed by atoms with van der Waals surface area (Å²) < 4.78 is 10.7. The zero-order valence-corrected chi connectivity index (χ0v) is 15.9. The molecule has 8 heteroatoms. The van der Waals surface area contributed by atoms with Crippen LogP contribution < -0.4 is 19.7 Å². The first-order valence-electron chi connectivity index (χ1n) is 9.74. The van der Waals surface area contributed by atoms with E-state index >= 15 is 0 Å². The molecule has 0 bridgehead atoms. The Morgan fingerprint density at radius 1 is 1.14 bits per heavy atom. The number of nitrogens with one attached hydrogen (secondary N) is 1. The number of ether oxygens (including phenoxy) is 2. The molecule has 1 N–H and O–H groups in total. The third-order valence-electron chi connectivity index (χ3n) is 5.37. The van der Waals surface area contributed by atoms with Gasteiger partial charge >= 0.3 is 0 Å². The number of carbonyl (C=O) groups excluding carboxylic acids is 1. The Morgan fingerprint density at radius 3 is 3.00 bits per heavy atom. The van der Waals surface area contributed by atoms with Gasteiger partial charge in [0.2, 0.25) is 12.7 Å². The lowest BCUT2D eigenvalue weighted by Crippen LogP contribution is -2.43. The second-order valence-corrected chi connectivity index (χ2v) is 7.28. The maximum Gasteiger partial charge on any atom is 0.231 e. The number of amides is 1. The van der Waals surface area contributed by atoms with Crippen molar-refractivity contribution in [2.75, 3.05) is 24.8 Å². The van der Waals surface area contributed by atoms with Crippen LogP contribution in [0.1, 0.15) is 18.4 Å². The second-order valence-electron chi connectivity index (χ2n) is 7.28. The fourth-order valence-electron chi connectivity index (χ4n) is 3.83. The van der Waals surface area contributed by atoms with Crippen molar-refractivity contribution in [3.05, 3.63) is 48.4 Å². The summed E-state index contributed by atoms with van der Waals surface area (Å²) in [6, 6.07) is 7.73. The molecule has 4 heterocycles. The predicted molar refractivity (Wildman–Crippen MR) is 107 cm³/mol. The van der Waals surface area contributed by atoms with E-state index in [1.54, 1.807) is 12.4 Å². The summed E-state index contributed by atoms with van der Waals surface area (Å²) >= 11 is 0. The Balaban J connectivity index is 1.23. The van der Waals surface area contributed by atoms with Crippen LogP contribution in [0.4, 0.5) is 5.69 Å².